The molecule has 4 rings (SSSR count). The van der Waals surface area contributed by atoms with Crippen molar-refractivity contribution >= 4 is 40.3 Å². The largest absolute Gasteiger partial charge is 0.462 e. The van der Waals surface area contributed by atoms with Gasteiger partial charge in [0.05, 0.1) is 17.9 Å². The van der Waals surface area contributed by atoms with Gasteiger partial charge >= 0.3 is 12.1 Å². The Bertz CT molecular complexity index is 1280. The van der Waals surface area contributed by atoms with Crippen LogP contribution in [0.1, 0.15) is 47.7 Å². The Morgan fingerprint density at radius 1 is 1.03 bits per heavy atom. The number of anilines is 2. The van der Waals surface area contributed by atoms with Gasteiger partial charge in [-0.25, -0.2) is 19.6 Å². The number of ether oxygens (including phenoxy) is 2. The first-order valence-electron chi connectivity index (χ1n) is 12.4. The number of piperazine rings is 1. The van der Waals surface area contributed by atoms with Crippen LogP contribution in [0, 0.1) is 0 Å². The molecule has 1 saturated heterocycles. The van der Waals surface area contributed by atoms with Crippen molar-refractivity contribution in [3.05, 3.63) is 59.1 Å². The average molecular weight is 538 g/mol. The summed E-state index contributed by atoms with van der Waals surface area (Å²) in [5, 5.41) is 3.06. The topological polar surface area (TPSA) is 114 Å². The number of carbonyl (C=O) groups excluding carboxylic acids is 3. The average Bonchev–Trinajstić information content (AvgIpc) is 3.32. The van der Waals surface area contributed by atoms with Crippen LogP contribution < -0.4 is 10.2 Å². The number of amides is 2. The number of nitrogens with one attached hydrogen (secondary N) is 1. The quantitative estimate of drug-likeness (QED) is 0.451. The fourth-order valence-corrected chi connectivity index (χ4v) is 4.70. The Hall–Kier alpha value is -3.99. The summed E-state index contributed by atoms with van der Waals surface area (Å²) in [4.78, 5) is 50.7. The van der Waals surface area contributed by atoms with Gasteiger partial charge in [-0.2, -0.15) is 0 Å². The Morgan fingerprint density at radius 2 is 1.74 bits per heavy atom. The lowest BCUT2D eigenvalue weighted by atomic mass is 10.1. The van der Waals surface area contributed by atoms with Gasteiger partial charge in [0.1, 0.15) is 16.3 Å². The lowest BCUT2D eigenvalue weighted by molar-refractivity contribution is 0.0240. The fraction of sp³-hybridized carbons (Fsp3) is 0.370. The molecule has 1 aromatic carbocycles. The highest BCUT2D eigenvalue weighted by Gasteiger charge is 2.27. The molecule has 10 nitrogen and oxygen atoms in total. The van der Waals surface area contributed by atoms with E-state index in [0.717, 1.165) is 22.7 Å². The van der Waals surface area contributed by atoms with E-state index in [1.807, 2.05) is 51.1 Å². The van der Waals surface area contributed by atoms with Crippen LogP contribution in [0.25, 0.3) is 11.3 Å². The standard InChI is InChI=1S/C27H31N5O5S/c1-5-36-24(34)22-21(18-9-7-6-8-10-18)29-25(38-22)30-23(33)19-11-12-20(28-17-19)31-13-15-32(16-14-31)26(35)37-27(2,3)4/h6-12,17H,5,13-16H2,1-4H3,(H,29,30,33). The number of benzene rings is 1. The predicted octanol–water partition coefficient (Wildman–Crippen LogP) is 4.69. The highest BCUT2D eigenvalue weighted by Crippen LogP contribution is 2.32. The van der Waals surface area contributed by atoms with E-state index in [1.54, 1.807) is 24.0 Å². The van der Waals surface area contributed by atoms with Gasteiger partial charge in [0.25, 0.3) is 5.91 Å². The number of carbonyl (C=O) groups is 3. The smallest absolute Gasteiger partial charge is 0.410 e. The SMILES string of the molecule is CCOC(=O)c1sc(NC(=O)c2ccc(N3CCN(C(=O)OC(C)(C)C)CC3)nc2)nc1-c1ccccc1. The minimum Gasteiger partial charge on any atom is -0.462 e. The second-order valence-electron chi connectivity index (χ2n) is 9.60. The lowest BCUT2D eigenvalue weighted by Gasteiger charge is -2.36. The molecule has 1 aliphatic heterocycles. The zero-order valence-electron chi connectivity index (χ0n) is 21.9. The molecule has 1 fully saturated rings. The van der Waals surface area contributed by atoms with Crippen LogP contribution in [-0.4, -0.2) is 71.2 Å². The van der Waals surface area contributed by atoms with Crippen molar-refractivity contribution in [2.75, 3.05) is 43.0 Å². The van der Waals surface area contributed by atoms with Crippen LogP contribution in [0.3, 0.4) is 0 Å². The maximum Gasteiger partial charge on any atom is 0.410 e. The predicted molar refractivity (Wildman–Crippen MR) is 146 cm³/mol. The summed E-state index contributed by atoms with van der Waals surface area (Å²) in [6, 6.07) is 12.7. The maximum atomic E-state index is 12.9. The Morgan fingerprint density at radius 3 is 2.34 bits per heavy atom. The molecule has 0 atom stereocenters. The van der Waals surface area contributed by atoms with Gasteiger partial charge in [-0.3, -0.25) is 10.1 Å². The summed E-state index contributed by atoms with van der Waals surface area (Å²) >= 11 is 1.07. The number of thiazole rings is 1. The monoisotopic (exact) mass is 537 g/mol. The molecule has 0 saturated carbocycles. The van der Waals surface area contributed by atoms with Gasteiger partial charge in [-0.05, 0) is 39.8 Å². The maximum absolute atomic E-state index is 12.9. The third-order valence-corrected chi connectivity index (χ3v) is 6.57. The van der Waals surface area contributed by atoms with E-state index in [1.165, 1.54) is 6.20 Å². The number of hydrogen-bond acceptors (Lipinski definition) is 9. The van der Waals surface area contributed by atoms with Crippen molar-refractivity contribution < 1.29 is 23.9 Å². The highest BCUT2D eigenvalue weighted by molar-refractivity contribution is 7.18. The van der Waals surface area contributed by atoms with Crippen LogP contribution in [0.2, 0.25) is 0 Å². The van der Waals surface area contributed by atoms with Gasteiger partial charge in [-0.1, -0.05) is 41.7 Å². The van der Waals surface area contributed by atoms with Crippen molar-refractivity contribution in [1.82, 2.24) is 14.9 Å². The molecule has 200 valence electrons. The second kappa shape index (κ2) is 11.6. The molecule has 0 aliphatic carbocycles. The van der Waals surface area contributed by atoms with Gasteiger partial charge in [-0.15, -0.1) is 0 Å². The van der Waals surface area contributed by atoms with E-state index >= 15 is 0 Å². The van der Waals surface area contributed by atoms with Crippen LogP contribution >= 0.6 is 11.3 Å². The molecule has 38 heavy (non-hydrogen) atoms. The first kappa shape index (κ1) is 27.1. The number of esters is 1. The molecular weight excluding hydrogens is 506 g/mol. The molecule has 0 spiro atoms. The van der Waals surface area contributed by atoms with E-state index < -0.39 is 11.6 Å². The van der Waals surface area contributed by atoms with Gasteiger partial charge in [0.2, 0.25) is 0 Å². The van der Waals surface area contributed by atoms with Gasteiger partial charge < -0.3 is 19.3 Å². The van der Waals surface area contributed by atoms with Crippen LogP contribution in [0.5, 0.6) is 0 Å². The number of aromatic nitrogens is 2. The second-order valence-corrected chi connectivity index (χ2v) is 10.6. The van der Waals surface area contributed by atoms with Crippen molar-refractivity contribution in [3.63, 3.8) is 0 Å². The third-order valence-electron chi connectivity index (χ3n) is 5.62. The van der Waals surface area contributed by atoms with Crippen molar-refractivity contribution in [2.45, 2.75) is 33.3 Å². The summed E-state index contributed by atoms with van der Waals surface area (Å²) in [7, 11) is 0. The molecule has 0 unspecified atom stereocenters. The Kier molecular flexibility index (Phi) is 8.26. The zero-order chi connectivity index (χ0) is 27.3. The van der Waals surface area contributed by atoms with Gasteiger partial charge in [0.15, 0.2) is 5.13 Å². The highest BCUT2D eigenvalue weighted by atomic mass is 32.1. The molecule has 0 radical (unpaired) electrons. The first-order valence-corrected chi connectivity index (χ1v) is 13.2. The minimum atomic E-state index is -0.533. The van der Waals surface area contributed by atoms with E-state index in [4.69, 9.17) is 9.47 Å². The minimum absolute atomic E-state index is 0.237. The third kappa shape index (κ3) is 6.65. The molecule has 11 heteroatoms. The molecule has 1 N–H and O–H groups in total. The van der Waals surface area contributed by atoms with E-state index in [0.29, 0.717) is 47.4 Å². The number of pyridine rings is 1. The van der Waals surface area contributed by atoms with Crippen molar-refractivity contribution in [2.24, 2.45) is 0 Å². The fourth-order valence-electron chi connectivity index (χ4n) is 3.82. The van der Waals surface area contributed by atoms with Gasteiger partial charge in [0, 0.05) is 37.9 Å². The van der Waals surface area contributed by atoms with Crippen molar-refractivity contribution in [3.8, 4) is 11.3 Å². The molecule has 3 aromatic rings. The molecule has 2 amide bonds. The van der Waals surface area contributed by atoms with E-state index in [9.17, 15) is 14.4 Å². The number of hydrogen-bond donors (Lipinski definition) is 1. The van der Waals surface area contributed by atoms with Crippen LogP contribution in [-0.2, 0) is 9.47 Å². The zero-order valence-corrected chi connectivity index (χ0v) is 22.7. The molecule has 0 bridgehead atoms. The normalized spacial score (nSPS) is 13.7. The summed E-state index contributed by atoms with van der Waals surface area (Å²) < 4.78 is 10.6. The number of rotatable bonds is 6. The molecular formula is C27H31N5O5S. The summed E-state index contributed by atoms with van der Waals surface area (Å²) in [5.74, 6) is -0.152. The Labute approximate surface area is 225 Å². The summed E-state index contributed by atoms with van der Waals surface area (Å²) in [6.45, 7) is 9.77. The summed E-state index contributed by atoms with van der Waals surface area (Å²) in [6.07, 6.45) is 1.18. The molecule has 1 aliphatic rings. The molecule has 3 heterocycles. The first-order chi connectivity index (χ1) is 18.1. The summed E-state index contributed by atoms with van der Waals surface area (Å²) in [5.41, 5.74) is 1.04. The van der Waals surface area contributed by atoms with Crippen LogP contribution in [0.15, 0.2) is 48.7 Å². The van der Waals surface area contributed by atoms with Crippen LogP contribution in [0.4, 0.5) is 15.7 Å². The van der Waals surface area contributed by atoms with E-state index in [2.05, 4.69) is 20.2 Å². The Balaban J connectivity index is 1.40. The van der Waals surface area contributed by atoms with Crippen molar-refractivity contribution in [1.29, 1.82) is 0 Å². The number of nitrogens with zero attached hydrogens (tertiary/aromatic N) is 4. The lowest BCUT2D eigenvalue weighted by Crippen LogP contribution is -2.50. The van der Waals surface area contributed by atoms with E-state index in [-0.39, 0.29) is 18.6 Å². The molecule has 2 aromatic heterocycles.